The van der Waals surface area contributed by atoms with Crippen LogP contribution in [-0.2, 0) is 28.7 Å². The maximum absolute atomic E-state index is 12.4. The third-order valence-corrected chi connectivity index (χ3v) is 5.37. The van der Waals surface area contributed by atoms with Gasteiger partial charge in [0.1, 0.15) is 11.5 Å². The summed E-state index contributed by atoms with van der Waals surface area (Å²) in [6.07, 6.45) is -4.29. The number of carboxylic acids is 3. The molecule has 1 aromatic rings. The minimum atomic E-state index is -1.51. The molecule has 0 unspecified atom stereocenters. The van der Waals surface area contributed by atoms with E-state index < -0.39 is 73.3 Å². The molecule has 0 saturated carbocycles. The van der Waals surface area contributed by atoms with Crippen LogP contribution in [0.4, 0.5) is 0 Å². The largest absolute Gasteiger partial charge is 0.496 e. The van der Waals surface area contributed by atoms with Gasteiger partial charge >= 0.3 is 23.9 Å². The molecule has 1 aromatic carbocycles. The highest BCUT2D eigenvalue weighted by molar-refractivity contribution is 5.80. The quantitative estimate of drug-likeness (QED) is 0.310. The number of carbonyl (C=O) groups is 5. The first kappa shape index (κ1) is 25.6. The van der Waals surface area contributed by atoms with Crippen molar-refractivity contribution in [2.24, 2.45) is 17.8 Å². The van der Waals surface area contributed by atoms with Gasteiger partial charge in [0.15, 0.2) is 12.4 Å². The number of rotatable bonds is 11. The van der Waals surface area contributed by atoms with Crippen LogP contribution in [0.2, 0.25) is 0 Å². The standard InChI is InChI=1S/C21H24O12/c1-30-15-5-11(4-3-10(15)9-22)32-21-14(8-18(27)28)12(6-16(23)24)13(7-17(25)26)19(33-21)20(29)31-2/h3-5,9,12-14,19,21H,6-8H2,1-2H3,(H,23,24)(H,25,26)(H,27,28)/t12-,13-,14+,19-,21+/m0/s1. The third-order valence-electron chi connectivity index (χ3n) is 5.37. The third kappa shape index (κ3) is 6.42. The lowest BCUT2D eigenvalue weighted by Gasteiger charge is -2.44. The molecule has 1 aliphatic rings. The normalized spacial score (nSPS) is 24.4. The summed E-state index contributed by atoms with van der Waals surface area (Å²) in [5.41, 5.74) is 0.217. The monoisotopic (exact) mass is 468 g/mol. The van der Waals surface area contributed by atoms with Crippen LogP contribution in [0.1, 0.15) is 29.6 Å². The van der Waals surface area contributed by atoms with E-state index in [4.69, 9.17) is 18.9 Å². The molecule has 12 heteroatoms. The Balaban J connectivity index is 2.52. The van der Waals surface area contributed by atoms with Gasteiger partial charge in [-0.2, -0.15) is 0 Å². The molecule has 1 aliphatic heterocycles. The van der Waals surface area contributed by atoms with Crippen molar-refractivity contribution in [3.05, 3.63) is 23.8 Å². The molecule has 12 nitrogen and oxygen atoms in total. The molecule has 2 rings (SSSR count). The Labute approximate surface area is 188 Å². The predicted molar refractivity (Wildman–Crippen MR) is 107 cm³/mol. The van der Waals surface area contributed by atoms with E-state index in [1.54, 1.807) is 0 Å². The molecule has 0 amide bonds. The van der Waals surface area contributed by atoms with Crippen LogP contribution in [0, 0.1) is 17.8 Å². The molecule has 0 spiro atoms. The number of aliphatic carboxylic acids is 3. The molecule has 0 radical (unpaired) electrons. The molecule has 3 N–H and O–H groups in total. The molecule has 0 aliphatic carbocycles. The lowest BCUT2D eigenvalue weighted by Crippen LogP contribution is -2.54. The van der Waals surface area contributed by atoms with Gasteiger partial charge in [-0.05, 0) is 18.1 Å². The number of ether oxygens (including phenoxy) is 4. The minimum absolute atomic E-state index is 0.0900. The van der Waals surface area contributed by atoms with Crippen LogP contribution < -0.4 is 9.47 Å². The highest BCUT2D eigenvalue weighted by Crippen LogP contribution is 2.42. The van der Waals surface area contributed by atoms with Crippen LogP contribution in [0.5, 0.6) is 11.5 Å². The van der Waals surface area contributed by atoms with Gasteiger partial charge in [0, 0.05) is 24.3 Å². The van der Waals surface area contributed by atoms with Gasteiger partial charge in [-0.1, -0.05) is 0 Å². The van der Waals surface area contributed by atoms with Gasteiger partial charge in [-0.3, -0.25) is 19.2 Å². The van der Waals surface area contributed by atoms with E-state index in [2.05, 4.69) is 0 Å². The molecule has 1 saturated heterocycles. The smallest absolute Gasteiger partial charge is 0.335 e. The van der Waals surface area contributed by atoms with Crippen molar-refractivity contribution in [1.82, 2.24) is 0 Å². The molecule has 180 valence electrons. The van der Waals surface area contributed by atoms with Crippen molar-refractivity contribution >= 4 is 30.2 Å². The van der Waals surface area contributed by atoms with Gasteiger partial charge in [0.05, 0.1) is 32.6 Å². The van der Waals surface area contributed by atoms with E-state index >= 15 is 0 Å². The lowest BCUT2D eigenvalue weighted by atomic mass is 9.71. The van der Waals surface area contributed by atoms with Gasteiger partial charge in [0.2, 0.25) is 6.29 Å². The van der Waals surface area contributed by atoms with Crippen LogP contribution in [0.3, 0.4) is 0 Å². The summed E-state index contributed by atoms with van der Waals surface area (Å²) >= 11 is 0. The van der Waals surface area contributed by atoms with Crippen LogP contribution >= 0.6 is 0 Å². The first-order valence-corrected chi connectivity index (χ1v) is 9.79. The SMILES string of the molecule is COC(=O)[C@H]1O[C@@H](Oc2ccc(C=O)c(OC)c2)[C@H](CC(=O)O)[C@@H](CC(=O)O)[C@@H]1CC(=O)O. The average Bonchev–Trinajstić information content (AvgIpc) is 2.75. The van der Waals surface area contributed by atoms with Gasteiger partial charge in [-0.15, -0.1) is 0 Å². The van der Waals surface area contributed by atoms with E-state index in [1.807, 2.05) is 0 Å². The van der Waals surface area contributed by atoms with Crippen LogP contribution in [0.15, 0.2) is 18.2 Å². The number of carbonyl (C=O) groups excluding carboxylic acids is 2. The molecular formula is C21H24O12. The van der Waals surface area contributed by atoms with Crippen molar-refractivity contribution in [3.63, 3.8) is 0 Å². The van der Waals surface area contributed by atoms with E-state index in [0.29, 0.717) is 6.29 Å². The Morgan fingerprint density at radius 3 is 2.03 bits per heavy atom. The van der Waals surface area contributed by atoms with Crippen molar-refractivity contribution in [3.8, 4) is 11.5 Å². The second-order valence-electron chi connectivity index (χ2n) is 7.37. The first-order valence-electron chi connectivity index (χ1n) is 9.79. The minimum Gasteiger partial charge on any atom is -0.496 e. The Hall–Kier alpha value is -3.67. The summed E-state index contributed by atoms with van der Waals surface area (Å²) in [6.45, 7) is 0. The second kappa shape index (κ2) is 11.3. The Morgan fingerprint density at radius 2 is 1.52 bits per heavy atom. The second-order valence-corrected chi connectivity index (χ2v) is 7.37. The summed E-state index contributed by atoms with van der Waals surface area (Å²) in [4.78, 5) is 58.1. The molecule has 0 aromatic heterocycles. The summed E-state index contributed by atoms with van der Waals surface area (Å²) < 4.78 is 21.3. The number of carboxylic acid groups (broad SMARTS) is 3. The Bertz CT molecular complexity index is 911. The molecule has 1 heterocycles. The number of hydrogen-bond donors (Lipinski definition) is 3. The van der Waals surface area contributed by atoms with Gasteiger partial charge in [-0.25, -0.2) is 4.79 Å². The van der Waals surface area contributed by atoms with Crippen LogP contribution in [0.25, 0.3) is 0 Å². The zero-order chi connectivity index (χ0) is 24.7. The van der Waals surface area contributed by atoms with Crippen molar-refractivity contribution in [2.45, 2.75) is 31.7 Å². The Kier molecular flexibility index (Phi) is 8.74. The van der Waals surface area contributed by atoms with E-state index in [1.165, 1.54) is 25.3 Å². The van der Waals surface area contributed by atoms with Crippen molar-refractivity contribution in [2.75, 3.05) is 14.2 Å². The first-order chi connectivity index (χ1) is 15.6. The van der Waals surface area contributed by atoms with Crippen LogP contribution in [-0.4, -0.2) is 72.1 Å². The number of hydrogen-bond acceptors (Lipinski definition) is 9. The zero-order valence-corrected chi connectivity index (χ0v) is 17.8. The molecule has 1 fully saturated rings. The molecule has 5 atom stereocenters. The highest BCUT2D eigenvalue weighted by atomic mass is 16.7. The fourth-order valence-corrected chi connectivity index (χ4v) is 3.96. The summed E-state index contributed by atoms with van der Waals surface area (Å²) in [7, 11) is 2.38. The fraction of sp³-hybridized carbons (Fsp3) is 0.476. The van der Waals surface area contributed by atoms with Gasteiger partial charge in [0.25, 0.3) is 0 Å². The van der Waals surface area contributed by atoms with Gasteiger partial charge < -0.3 is 34.3 Å². The summed E-state index contributed by atoms with van der Waals surface area (Å²) in [5, 5.41) is 28.1. The molecular weight excluding hydrogens is 444 g/mol. The zero-order valence-electron chi connectivity index (χ0n) is 17.8. The van der Waals surface area contributed by atoms with E-state index in [9.17, 15) is 39.3 Å². The lowest BCUT2D eigenvalue weighted by molar-refractivity contribution is -0.233. The van der Waals surface area contributed by atoms with Crippen molar-refractivity contribution < 1.29 is 58.2 Å². The molecule has 0 bridgehead atoms. The fourth-order valence-electron chi connectivity index (χ4n) is 3.96. The predicted octanol–water partition coefficient (Wildman–Crippen LogP) is 1.06. The highest BCUT2D eigenvalue weighted by Gasteiger charge is 2.51. The number of benzene rings is 1. The topological polar surface area (TPSA) is 183 Å². The number of methoxy groups -OCH3 is 2. The van der Waals surface area contributed by atoms with Crippen molar-refractivity contribution in [1.29, 1.82) is 0 Å². The maximum atomic E-state index is 12.4. The van der Waals surface area contributed by atoms with E-state index in [0.717, 1.165) is 7.11 Å². The number of esters is 1. The summed E-state index contributed by atoms with van der Waals surface area (Å²) in [6, 6.07) is 4.11. The summed E-state index contributed by atoms with van der Waals surface area (Å²) in [5.74, 6) is -8.05. The van der Waals surface area contributed by atoms with E-state index in [-0.39, 0.29) is 17.1 Å². The number of aldehydes is 1. The maximum Gasteiger partial charge on any atom is 0.335 e. The average molecular weight is 468 g/mol. The molecule has 33 heavy (non-hydrogen) atoms. The Morgan fingerprint density at radius 1 is 0.939 bits per heavy atom.